The number of carbonyl (C=O) groups excluding carboxylic acids is 1. The molecule has 0 saturated heterocycles. The van der Waals surface area contributed by atoms with E-state index >= 15 is 0 Å². The van der Waals surface area contributed by atoms with E-state index in [0.717, 1.165) is 11.1 Å². The minimum Gasteiger partial charge on any atom is -0.265 e. The van der Waals surface area contributed by atoms with Crippen LogP contribution >= 0.6 is 0 Å². The first-order chi connectivity index (χ1) is 7.42. The maximum atomic E-state index is 10.2. The van der Waals surface area contributed by atoms with Gasteiger partial charge in [-0.25, -0.2) is 4.79 Å². The van der Waals surface area contributed by atoms with Crippen LogP contribution in [0.3, 0.4) is 0 Å². The maximum absolute atomic E-state index is 10.2. The quantitative estimate of drug-likeness (QED) is 0.547. The lowest BCUT2D eigenvalue weighted by Gasteiger charge is -2.02. The molecule has 0 aliphatic carbocycles. The zero-order chi connectivity index (χ0) is 10.5. The summed E-state index contributed by atoms with van der Waals surface area (Å²) in [4.78, 5) is 21.6. The van der Waals surface area contributed by atoms with Crippen molar-refractivity contribution in [3.63, 3.8) is 0 Å². The number of hydrogen-bond acceptors (Lipinski definition) is 4. The number of nitrogens with zero attached hydrogens (tertiary/aromatic N) is 3. The minimum atomic E-state index is 0.513. The van der Waals surface area contributed by atoms with Crippen LogP contribution in [0.15, 0.2) is 48.0 Å². The molecule has 0 fully saturated rings. The van der Waals surface area contributed by atoms with Gasteiger partial charge in [0.2, 0.25) is 6.08 Å². The van der Waals surface area contributed by atoms with Gasteiger partial charge in [0.25, 0.3) is 0 Å². The molecule has 2 heterocycles. The number of rotatable bonds is 2. The van der Waals surface area contributed by atoms with Crippen LogP contribution in [0.4, 0.5) is 5.69 Å². The fourth-order valence-electron chi connectivity index (χ4n) is 1.30. The summed E-state index contributed by atoms with van der Waals surface area (Å²) in [5, 5.41) is 0. The number of hydrogen-bond donors (Lipinski definition) is 0. The highest BCUT2D eigenvalue weighted by Crippen LogP contribution is 2.27. The van der Waals surface area contributed by atoms with E-state index in [0.29, 0.717) is 5.69 Å². The van der Waals surface area contributed by atoms with Crippen molar-refractivity contribution in [1.29, 1.82) is 0 Å². The number of pyridine rings is 2. The number of aliphatic imine (C=N–C) groups is 1. The van der Waals surface area contributed by atoms with Gasteiger partial charge in [-0.1, -0.05) is 0 Å². The van der Waals surface area contributed by atoms with Gasteiger partial charge in [0, 0.05) is 24.2 Å². The second-order valence-corrected chi connectivity index (χ2v) is 2.83. The normalized spacial score (nSPS) is 9.33. The molecule has 2 aromatic heterocycles. The smallest absolute Gasteiger partial charge is 0.240 e. The average molecular weight is 197 g/mol. The topological polar surface area (TPSA) is 55.2 Å². The first-order valence-electron chi connectivity index (χ1n) is 4.34. The SMILES string of the molecule is O=C=Nc1cnccc1-c1ccncc1. The zero-order valence-corrected chi connectivity index (χ0v) is 7.79. The molecular formula is C11H7N3O. The highest BCUT2D eigenvalue weighted by Gasteiger charge is 2.02. The molecule has 4 nitrogen and oxygen atoms in total. The van der Waals surface area contributed by atoms with Crippen LogP contribution in [-0.2, 0) is 4.79 Å². The Morgan fingerprint density at radius 3 is 2.53 bits per heavy atom. The predicted octanol–water partition coefficient (Wildman–Crippen LogP) is 2.11. The Labute approximate surface area is 86.3 Å². The number of isocyanates is 1. The number of aromatic nitrogens is 2. The third-order valence-corrected chi connectivity index (χ3v) is 1.96. The van der Waals surface area contributed by atoms with Gasteiger partial charge in [0.15, 0.2) is 0 Å². The van der Waals surface area contributed by atoms with Crippen molar-refractivity contribution in [2.24, 2.45) is 4.99 Å². The Kier molecular flexibility index (Phi) is 2.63. The third-order valence-electron chi connectivity index (χ3n) is 1.96. The molecule has 0 saturated carbocycles. The highest BCUT2D eigenvalue weighted by atomic mass is 16.1. The fraction of sp³-hybridized carbons (Fsp3) is 0. The van der Waals surface area contributed by atoms with Crippen LogP contribution in [0.25, 0.3) is 11.1 Å². The molecule has 0 radical (unpaired) electrons. The summed E-state index contributed by atoms with van der Waals surface area (Å²) in [7, 11) is 0. The summed E-state index contributed by atoms with van der Waals surface area (Å²) in [5.41, 5.74) is 2.30. The summed E-state index contributed by atoms with van der Waals surface area (Å²) in [6.45, 7) is 0. The van der Waals surface area contributed by atoms with E-state index in [-0.39, 0.29) is 0 Å². The average Bonchev–Trinajstić information content (AvgIpc) is 2.31. The van der Waals surface area contributed by atoms with Crippen LogP contribution in [-0.4, -0.2) is 16.0 Å². The molecule has 0 aliphatic rings. The van der Waals surface area contributed by atoms with E-state index in [1.165, 1.54) is 12.3 Å². The summed E-state index contributed by atoms with van der Waals surface area (Å²) >= 11 is 0. The van der Waals surface area contributed by atoms with E-state index in [1.807, 2.05) is 12.1 Å². The van der Waals surface area contributed by atoms with Crippen molar-refractivity contribution in [3.8, 4) is 11.1 Å². The van der Waals surface area contributed by atoms with E-state index in [2.05, 4.69) is 15.0 Å². The van der Waals surface area contributed by atoms with Crippen LogP contribution < -0.4 is 0 Å². The molecule has 0 N–H and O–H groups in total. The molecule has 0 spiro atoms. The van der Waals surface area contributed by atoms with Gasteiger partial charge in [-0.05, 0) is 23.8 Å². The molecule has 0 atom stereocenters. The van der Waals surface area contributed by atoms with Crippen molar-refractivity contribution in [1.82, 2.24) is 9.97 Å². The predicted molar refractivity (Wildman–Crippen MR) is 55.2 cm³/mol. The lowest BCUT2D eigenvalue weighted by molar-refractivity contribution is 0.565. The standard InChI is InChI=1S/C11H7N3O/c15-8-14-11-7-13-6-3-10(11)9-1-4-12-5-2-9/h1-7H. The van der Waals surface area contributed by atoms with Gasteiger partial charge in [-0.3, -0.25) is 9.97 Å². The molecule has 0 aromatic carbocycles. The van der Waals surface area contributed by atoms with Crippen LogP contribution in [0.2, 0.25) is 0 Å². The van der Waals surface area contributed by atoms with Crippen molar-refractivity contribution in [2.45, 2.75) is 0 Å². The largest absolute Gasteiger partial charge is 0.265 e. The van der Waals surface area contributed by atoms with Crippen molar-refractivity contribution >= 4 is 11.8 Å². The second-order valence-electron chi connectivity index (χ2n) is 2.83. The molecule has 2 rings (SSSR count). The van der Waals surface area contributed by atoms with E-state index < -0.39 is 0 Å². The Bertz CT molecular complexity index is 504. The molecule has 72 valence electrons. The lowest BCUT2D eigenvalue weighted by atomic mass is 10.1. The van der Waals surface area contributed by atoms with Gasteiger partial charge in [-0.15, -0.1) is 0 Å². The molecule has 4 heteroatoms. The monoisotopic (exact) mass is 197 g/mol. The zero-order valence-electron chi connectivity index (χ0n) is 7.79. The maximum Gasteiger partial charge on any atom is 0.240 e. The molecule has 15 heavy (non-hydrogen) atoms. The van der Waals surface area contributed by atoms with E-state index in [4.69, 9.17) is 0 Å². The lowest BCUT2D eigenvalue weighted by Crippen LogP contribution is -1.81. The minimum absolute atomic E-state index is 0.513. The molecule has 0 unspecified atom stereocenters. The Hall–Kier alpha value is -2.32. The molecule has 0 bridgehead atoms. The van der Waals surface area contributed by atoms with Crippen molar-refractivity contribution < 1.29 is 4.79 Å². The van der Waals surface area contributed by atoms with E-state index in [1.54, 1.807) is 24.7 Å². The first kappa shape index (κ1) is 9.24. The summed E-state index contributed by atoms with van der Waals surface area (Å²) in [5.74, 6) is 0. The fourth-order valence-corrected chi connectivity index (χ4v) is 1.30. The first-order valence-corrected chi connectivity index (χ1v) is 4.34. The third kappa shape index (κ3) is 1.95. The van der Waals surface area contributed by atoms with Crippen molar-refractivity contribution in [2.75, 3.05) is 0 Å². The van der Waals surface area contributed by atoms with E-state index in [9.17, 15) is 4.79 Å². The Morgan fingerprint density at radius 1 is 1.07 bits per heavy atom. The van der Waals surface area contributed by atoms with Crippen LogP contribution in [0.1, 0.15) is 0 Å². The van der Waals surface area contributed by atoms with Gasteiger partial charge in [0.05, 0.1) is 6.20 Å². The molecule has 0 aliphatic heterocycles. The van der Waals surface area contributed by atoms with Gasteiger partial charge < -0.3 is 0 Å². The molecule has 2 aromatic rings. The Balaban J connectivity index is 2.58. The van der Waals surface area contributed by atoms with Crippen molar-refractivity contribution in [3.05, 3.63) is 43.0 Å². The van der Waals surface area contributed by atoms with Gasteiger partial charge in [0.1, 0.15) is 5.69 Å². The second kappa shape index (κ2) is 4.26. The van der Waals surface area contributed by atoms with Crippen LogP contribution in [0, 0.1) is 0 Å². The highest BCUT2D eigenvalue weighted by molar-refractivity contribution is 5.75. The summed E-state index contributed by atoms with van der Waals surface area (Å²) < 4.78 is 0. The van der Waals surface area contributed by atoms with Gasteiger partial charge in [-0.2, -0.15) is 4.99 Å². The Morgan fingerprint density at radius 2 is 1.80 bits per heavy atom. The van der Waals surface area contributed by atoms with Crippen LogP contribution in [0.5, 0.6) is 0 Å². The summed E-state index contributed by atoms with van der Waals surface area (Å²) in [6.07, 6.45) is 8.06. The summed E-state index contributed by atoms with van der Waals surface area (Å²) in [6, 6.07) is 5.49. The molecule has 0 amide bonds. The van der Waals surface area contributed by atoms with Gasteiger partial charge >= 0.3 is 0 Å². The molecular weight excluding hydrogens is 190 g/mol.